The molecule has 0 aromatic heterocycles. The number of halogens is 1. The number of nitrogens with zero attached hydrogens (tertiary/aromatic N) is 2. The van der Waals surface area contributed by atoms with Gasteiger partial charge in [-0.15, -0.1) is 0 Å². The molecule has 144 valence electrons. The zero-order valence-electron chi connectivity index (χ0n) is 15.2. The standard InChI is InChI=1S/C19H21ClN2O4S/c1-14-7-8-17(26-2)18(13-14)27(24,25)22-11-9-21(10-12-22)19(23)15-5-3-4-6-16(15)20/h3-8,13H,9-12H2,1-2H3. The van der Waals surface area contributed by atoms with Gasteiger partial charge in [0.15, 0.2) is 0 Å². The van der Waals surface area contributed by atoms with Gasteiger partial charge in [-0.25, -0.2) is 8.42 Å². The number of hydrogen-bond acceptors (Lipinski definition) is 4. The van der Waals surface area contributed by atoms with Gasteiger partial charge in [0.1, 0.15) is 10.6 Å². The van der Waals surface area contributed by atoms with Gasteiger partial charge in [-0.3, -0.25) is 4.79 Å². The van der Waals surface area contributed by atoms with Crippen LogP contribution in [0.1, 0.15) is 15.9 Å². The van der Waals surface area contributed by atoms with Crippen LogP contribution >= 0.6 is 11.6 Å². The molecule has 1 aliphatic heterocycles. The maximum absolute atomic E-state index is 13.0. The number of rotatable bonds is 4. The lowest BCUT2D eigenvalue weighted by Gasteiger charge is -2.34. The lowest BCUT2D eigenvalue weighted by molar-refractivity contribution is 0.0698. The average Bonchev–Trinajstić information content (AvgIpc) is 2.68. The van der Waals surface area contributed by atoms with Crippen LogP contribution in [0.5, 0.6) is 5.75 Å². The number of aryl methyl sites for hydroxylation is 1. The van der Waals surface area contributed by atoms with E-state index in [2.05, 4.69) is 0 Å². The Labute approximate surface area is 164 Å². The number of benzene rings is 2. The molecule has 0 spiro atoms. The van der Waals surface area contributed by atoms with Crippen molar-refractivity contribution in [1.82, 2.24) is 9.21 Å². The summed E-state index contributed by atoms with van der Waals surface area (Å²) in [5, 5.41) is 0.391. The van der Waals surface area contributed by atoms with E-state index in [-0.39, 0.29) is 23.9 Å². The van der Waals surface area contributed by atoms with Gasteiger partial charge in [-0.2, -0.15) is 4.31 Å². The second-order valence-electron chi connectivity index (χ2n) is 6.33. The molecular weight excluding hydrogens is 388 g/mol. The van der Waals surface area contributed by atoms with Gasteiger partial charge in [0, 0.05) is 26.2 Å². The number of ether oxygens (including phenoxy) is 1. The average molecular weight is 409 g/mol. The van der Waals surface area contributed by atoms with Crippen LogP contribution in [0.25, 0.3) is 0 Å². The summed E-state index contributed by atoms with van der Waals surface area (Å²) in [5.74, 6) is 0.126. The third-order valence-corrected chi connectivity index (χ3v) is 6.82. The van der Waals surface area contributed by atoms with E-state index in [9.17, 15) is 13.2 Å². The normalized spacial score (nSPS) is 15.6. The topological polar surface area (TPSA) is 66.9 Å². The Morgan fingerprint density at radius 1 is 1.07 bits per heavy atom. The van der Waals surface area contributed by atoms with Crippen molar-refractivity contribution in [2.45, 2.75) is 11.8 Å². The fraction of sp³-hybridized carbons (Fsp3) is 0.316. The molecule has 1 fully saturated rings. The van der Waals surface area contributed by atoms with E-state index in [1.165, 1.54) is 11.4 Å². The summed E-state index contributed by atoms with van der Waals surface area (Å²) < 4.78 is 32.7. The number of amides is 1. The Bertz CT molecular complexity index is 954. The minimum Gasteiger partial charge on any atom is -0.495 e. The summed E-state index contributed by atoms with van der Waals surface area (Å²) in [5.41, 5.74) is 1.26. The Kier molecular flexibility index (Phi) is 5.74. The zero-order chi connectivity index (χ0) is 19.6. The first-order valence-electron chi connectivity index (χ1n) is 8.53. The molecule has 8 heteroatoms. The molecule has 0 saturated carbocycles. The van der Waals surface area contributed by atoms with Crippen molar-refractivity contribution in [3.63, 3.8) is 0 Å². The van der Waals surface area contributed by atoms with Crippen LogP contribution in [-0.2, 0) is 10.0 Å². The molecule has 0 bridgehead atoms. The zero-order valence-corrected chi connectivity index (χ0v) is 16.8. The van der Waals surface area contributed by atoms with Crippen LogP contribution in [0.4, 0.5) is 0 Å². The van der Waals surface area contributed by atoms with Gasteiger partial charge in [0.25, 0.3) is 5.91 Å². The predicted molar refractivity (Wildman–Crippen MR) is 104 cm³/mol. The largest absolute Gasteiger partial charge is 0.495 e. The molecule has 1 saturated heterocycles. The molecule has 1 aliphatic rings. The van der Waals surface area contributed by atoms with Crippen molar-refractivity contribution in [2.24, 2.45) is 0 Å². The van der Waals surface area contributed by atoms with Crippen molar-refractivity contribution in [3.05, 3.63) is 58.6 Å². The number of methoxy groups -OCH3 is 1. The summed E-state index contributed by atoms with van der Waals surface area (Å²) in [6, 6.07) is 11.9. The first kappa shape index (κ1) is 19.7. The second kappa shape index (κ2) is 7.88. The van der Waals surface area contributed by atoms with Crippen LogP contribution in [-0.4, -0.2) is 56.8 Å². The molecule has 0 atom stereocenters. The lowest BCUT2D eigenvalue weighted by atomic mass is 10.2. The summed E-state index contributed by atoms with van der Waals surface area (Å²) in [6.07, 6.45) is 0. The molecule has 2 aromatic rings. The van der Waals surface area contributed by atoms with Gasteiger partial charge in [-0.05, 0) is 36.8 Å². The molecule has 1 amide bonds. The summed E-state index contributed by atoms with van der Waals surface area (Å²) in [6.45, 7) is 2.87. The smallest absolute Gasteiger partial charge is 0.255 e. The minimum atomic E-state index is -3.70. The third kappa shape index (κ3) is 3.95. The molecule has 6 nitrogen and oxygen atoms in total. The summed E-state index contributed by atoms with van der Waals surface area (Å²) >= 11 is 6.10. The Morgan fingerprint density at radius 3 is 2.37 bits per heavy atom. The molecule has 0 N–H and O–H groups in total. The third-order valence-electron chi connectivity index (χ3n) is 4.57. The number of sulfonamides is 1. The number of piperazine rings is 1. The van der Waals surface area contributed by atoms with Crippen molar-refractivity contribution in [3.8, 4) is 5.75 Å². The maximum Gasteiger partial charge on any atom is 0.255 e. The Hall–Kier alpha value is -2.09. The molecule has 2 aromatic carbocycles. The van der Waals surface area contributed by atoms with E-state index in [0.717, 1.165) is 5.56 Å². The second-order valence-corrected chi connectivity index (χ2v) is 8.64. The maximum atomic E-state index is 13.0. The molecule has 27 heavy (non-hydrogen) atoms. The van der Waals surface area contributed by atoms with E-state index in [0.29, 0.717) is 29.4 Å². The molecule has 0 unspecified atom stereocenters. The monoisotopic (exact) mass is 408 g/mol. The highest BCUT2D eigenvalue weighted by atomic mass is 35.5. The highest BCUT2D eigenvalue weighted by Crippen LogP contribution is 2.28. The van der Waals surface area contributed by atoms with Crippen molar-refractivity contribution in [1.29, 1.82) is 0 Å². The number of hydrogen-bond donors (Lipinski definition) is 0. The molecule has 3 rings (SSSR count). The van der Waals surface area contributed by atoms with E-state index in [1.54, 1.807) is 47.4 Å². The summed E-state index contributed by atoms with van der Waals surface area (Å²) in [4.78, 5) is 14.4. The first-order valence-corrected chi connectivity index (χ1v) is 10.3. The summed E-state index contributed by atoms with van der Waals surface area (Å²) in [7, 11) is -2.26. The van der Waals surface area contributed by atoms with Crippen molar-refractivity contribution >= 4 is 27.5 Å². The SMILES string of the molecule is COc1ccc(C)cc1S(=O)(=O)N1CCN(C(=O)c2ccccc2Cl)CC1. The van der Waals surface area contributed by atoms with E-state index in [4.69, 9.17) is 16.3 Å². The highest BCUT2D eigenvalue weighted by Gasteiger charge is 2.32. The van der Waals surface area contributed by atoms with Crippen molar-refractivity contribution in [2.75, 3.05) is 33.3 Å². The number of carbonyl (C=O) groups is 1. The van der Waals surface area contributed by atoms with Gasteiger partial charge in [-0.1, -0.05) is 29.8 Å². The molecule has 0 radical (unpaired) electrons. The molecule has 1 heterocycles. The van der Waals surface area contributed by atoms with Gasteiger partial charge in [0.2, 0.25) is 10.0 Å². The fourth-order valence-electron chi connectivity index (χ4n) is 3.06. The Balaban J connectivity index is 1.76. The highest BCUT2D eigenvalue weighted by molar-refractivity contribution is 7.89. The van der Waals surface area contributed by atoms with Gasteiger partial charge in [0.05, 0.1) is 17.7 Å². The lowest BCUT2D eigenvalue weighted by Crippen LogP contribution is -2.50. The fourth-order valence-corrected chi connectivity index (χ4v) is 4.94. The van der Waals surface area contributed by atoms with Crippen LogP contribution in [0.2, 0.25) is 5.02 Å². The first-order chi connectivity index (χ1) is 12.8. The number of carbonyl (C=O) groups excluding carboxylic acids is 1. The van der Waals surface area contributed by atoms with Gasteiger partial charge >= 0.3 is 0 Å². The van der Waals surface area contributed by atoms with Crippen LogP contribution in [0.15, 0.2) is 47.4 Å². The van der Waals surface area contributed by atoms with E-state index in [1.807, 2.05) is 6.92 Å². The van der Waals surface area contributed by atoms with E-state index >= 15 is 0 Å². The van der Waals surface area contributed by atoms with Crippen LogP contribution in [0.3, 0.4) is 0 Å². The van der Waals surface area contributed by atoms with Crippen LogP contribution < -0.4 is 4.74 Å². The van der Waals surface area contributed by atoms with Gasteiger partial charge < -0.3 is 9.64 Å². The Morgan fingerprint density at radius 2 is 1.74 bits per heavy atom. The molecular formula is C19H21ClN2O4S. The predicted octanol–water partition coefficient (Wildman–Crippen LogP) is 2.80. The minimum absolute atomic E-state index is 0.149. The quantitative estimate of drug-likeness (QED) is 0.780. The van der Waals surface area contributed by atoms with Crippen LogP contribution in [0, 0.1) is 6.92 Å². The van der Waals surface area contributed by atoms with E-state index < -0.39 is 10.0 Å². The molecule has 0 aliphatic carbocycles. The van der Waals surface area contributed by atoms with Crippen molar-refractivity contribution < 1.29 is 17.9 Å².